The summed E-state index contributed by atoms with van der Waals surface area (Å²) in [6.45, 7) is 3.83. The fourth-order valence-electron chi connectivity index (χ4n) is 2.11. The van der Waals surface area contributed by atoms with Gasteiger partial charge in [0.25, 0.3) is 5.91 Å². The minimum atomic E-state index is -0.0534. The van der Waals surface area contributed by atoms with Crippen molar-refractivity contribution in [2.24, 2.45) is 0 Å². The van der Waals surface area contributed by atoms with Crippen LogP contribution in [0.15, 0.2) is 22.7 Å². The number of hydrogen-bond acceptors (Lipinski definition) is 3. The minimum Gasteiger partial charge on any atom is -0.398 e. The number of nitrogens with zero attached hydrogens (tertiary/aromatic N) is 2. The molecule has 19 heavy (non-hydrogen) atoms. The molecule has 0 spiro atoms. The quantitative estimate of drug-likeness (QED) is 0.792. The number of halogens is 1. The Labute approximate surface area is 120 Å². The first-order chi connectivity index (χ1) is 9.00. The van der Waals surface area contributed by atoms with Crippen LogP contribution in [-0.2, 0) is 4.79 Å². The van der Waals surface area contributed by atoms with E-state index in [1.165, 1.54) is 0 Å². The average molecular weight is 326 g/mol. The fourth-order valence-corrected chi connectivity index (χ4v) is 2.54. The van der Waals surface area contributed by atoms with Crippen LogP contribution in [0.1, 0.15) is 17.3 Å². The molecular formula is C13H16BrN3O2. The zero-order valence-corrected chi connectivity index (χ0v) is 12.3. The van der Waals surface area contributed by atoms with Gasteiger partial charge in [-0.15, -0.1) is 0 Å². The van der Waals surface area contributed by atoms with Crippen molar-refractivity contribution in [2.45, 2.75) is 6.92 Å². The smallest absolute Gasteiger partial charge is 0.255 e. The number of carbonyl (C=O) groups is 2. The van der Waals surface area contributed by atoms with Crippen LogP contribution >= 0.6 is 15.9 Å². The first kappa shape index (κ1) is 13.9. The molecule has 102 valence electrons. The maximum atomic E-state index is 12.4. The van der Waals surface area contributed by atoms with Crippen molar-refractivity contribution in [3.8, 4) is 0 Å². The molecule has 0 bridgehead atoms. The van der Waals surface area contributed by atoms with Crippen LogP contribution in [0.2, 0.25) is 0 Å². The lowest BCUT2D eigenvalue weighted by Gasteiger charge is -2.34. The Balaban J connectivity index is 2.09. The van der Waals surface area contributed by atoms with E-state index in [9.17, 15) is 9.59 Å². The van der Waals surface area contributed by atoms with Gasteiger partial charge >= 0.3 is 0 Å². The number of anilines is 1. The van der Waals surface area contributed by atoms with Gasteiger partial charge in [0, 0.05) is 38.8 Å². The van der Waals surface area contributed by atoms with Crippen molar-refractivity contribution in [3.05, 3.63) is 28.2 Å². The van der Waals surface area contributed by atoms with E-state index < -0.39 is 0 Å². The molecular weight excluding hydrogens is 310 g/mol. The lowest BCUT2D eigenvalue weighted by molar-refractivity contribution is -0.130. The molecule has 1 heterocycles. The summed E-state index contributed by atoms with van der Waals surface area (Å²) in [5, 5.41) is 0. The predicted octanol–water partition coefficient (Wildman–Crippen LogP) is 1.34. The van der Waals surface area contributed by atoms with E-state index in [1.54, 1.807) is 34.9 Å². The highest BCUT2D eigenvalue weighted by Crippen LogP contribution is 2.25. The van der Waals surface area contributed by atoms with Gasteiger partial charge in [-0.3, -0.25) is 9.59 Å². The van der Waals surface area contributed by atoms with Gasteiger partial charge in [0.15, 0.2) is 0 Å². The summed E-state index contributed by atoms with van der Waals surface area (Å²) in [6.07, 6.45) is 0. The number of hydrogen-bond donors (Lipinski definition) is 1. The number of carbonyl (C=O) groups excluding carboxylic acids is 2. The predicted molar refractivity (Wildman–Crippen MR) is 76.7 cm³/mol. The van der Waals surface area contributed by atoms with Crippen molar-refractivity contribution in [3.63, 3.8) is 0 Å². The minimum absolute atomic E-state index is 0.0530. The van der Waals surface area contributed by atoms with Crippen molar-refractivity contribution in [1.29, 1.82) is 0 Å². The monoisotopic (exact) mass is 325 g/mol. The number of nitrogen functional groups attached to an aromatic ring is 1. The Morgan fingerprint density at radius 1 is 1.16 bits per heavy atom. The van der Waals surface area contributed by atoms with Gasteiger partial charge in [-0.05, 0) is 28.1 Å². The molecule has 1 aromatic carbocycles. The molecule has 0 saturated carbocycles. The molecule has 0 atom stereocenters. The molecule has 0 aliphatic carbocycles. The molecule has 1 aromatic rings. The fraction of sp³-hybridized carbons (Fsp3) is 0.385. The van der Waals surface area contributed by atoms with Gasteiger partial charge < -0.3 is 15.5 Å². The van der Waals surface area contributed by atoms with Gasteiger partial charge in [0.05, 0.1) is 10.0 Å². The van der Waals surface area contributed by atoms with Crippen LogP contribution in [-0.4, -0.2) is 47.8 Å². The molecule has 1 saturated heterocycles. The third-order valence-electron chi connectivity index (χ3n) is 3.27. The Bertz CT molecular complexity index is 511. The van der Waals surface area contributed by atoms with Gasteiger partial charge in [-0.25, -0.2) is 0 Å². The van der Waals surface area contributed by atoms with Crippen LogP contribution in [0, 0.1) is 0 Å². The van der Waals surface area contributed by atoms with E-state index in [1.807, 2.05) is 0 Å². The zero-order chi connectivity index (χ0) is 14.0. The Morgan fingerprint density at radius 3 is 2.32 bits per heavy atom. The van der Waals surface area contributed by atoms with Crippen LogP contribution in [0.4, 0.5) is 5.69 Å². The lowest BCUT2D eigenvalue weighted by atomic mass is 10.1. The Morgan fingerprint density at radius 2 is 1.74 bits per heavy atom. The van der Waals surface area contributed by atoms with E-state index >= 15 is 0 Å². The van der Waals surface area contributed by atoms with Crippen LogP contribution in [0.5, 0.6) is 0 Å². The summed E-state index contributed by atoms with van der Waals surface area (Å²) in [6, 6.07) is 5.26. The highest BCUT2D eigenvalue weighted by Gasteiger charge is 2.24. The molecule has 1 fully saturated rings. The van der Waals surface area contributed by atoms with Gasteiger partial charge in [0.2, 0.25) is 5.91 Å². The van der Waals surface area contributed by atoms with Crippen LogP contribution in [0.3, 0.4) is 0 Å². The molecule has 5 nitrogen and oxygen atoms in total. The van der Waals surface area contributed by atoms with E-state index in [0.29, 0.717) is 41.9 Å². The zero-order valence-electron chi connectivity index (χ0n) is 10.7. The standard InChI is InChI=1S/C13H16BrN3O2/c1-9(18)16-5-7-17(8-6-16)13(19)10-3-2-4-11(15)12(10)14/h2-4H,5-8,15H2,1H3. The van der Waals surface area contributed by atoms with E-state index in [-0.39, 0.29) is 11.8 Å². The average Bonchev–Trinajstić information content (AvgIpc) is 2.41. The molecule has 0 aromatic heterocycles. The number of nitrogens with two attached hydrogens (primary N) is 1. The van der Waals surface area contributed by atoms with Gasteiger partial charge in [0.1, 0.15) is 0 Å². The summed E-state index contributed by atoms with van der Waals surface area (Å²) >= 11 is 3.35. The summed E-state index contributed by atoms with van der Waals surface area (Å²) in [5.74, 6) is -0.000359. The summed E-state index contributed by atoms with van der Waals surface area (Å²) in [5.41, 5.74) is 6.89. The highest BCUT2D eigenvalue weighted by atomic mass is 79.9. The SMILES string of the molecule is CC(=O)N1CCN(C(=O)c2cccc(N)c2Br)CC1. The summed E-state index contributed by atoms with van der Waals surface area (Å²) in [4.78, 5) is 27.1. The van der Waals surface area contributed by atoms with E-state index in [0.717, 1.165) is 0 Å². The van der Waals surface area contributed by atoms with Crippen LogP contribution < -0.4 is 5.73 Å². The van der Waals surface area contributed by atoms with Crippen molar-refractivity contribution >= 4 is 33.4 Å². The molecule has 6 heteroatoms. The second kappa shape index (κ2) is 5.61. The van der Waals surface area contributed by atoms with Crippen molar-refractivity contribution in [2.75, 3.05) is 31.9 Å². The molecule has 1 aliphatic heterocycles. The maximum absolute atomic E-state index is 12.4. The topological polar surface area (TPSA) is 66.6 Å². The maximum Gasteiger partial charge on any atom is 0.255 e. The van der Waals surface area contributed by atoms with E-state index in [4.69, 9.17) is 5.73 Å². The van der Waals surface area contributed by atoms with Crippen molar-refractivity contribution < 1.29 is 9.59 Å². The van der Waals surface area contributed by atoms with Gasteiger partial charge in [-0.1, -0.05) is 6.07 Å². The number of rotatable bonds is 1. The molecule has 2 rings (SSSR count). The molecule has 1 aliphatic rings. The lowest BCUT2D eigenvalue weighted by Crippen LogP contribution is -2.50. The molecule has 0 unspecified atom stereocenters. The molecule has 0 radical (unpaired) electrons. The summed E-state index contributed by atoms with van der Waals surface area (Å²) in [7, 11) is 0. The third-order valence-corrected chi connectivity index (χ3v) is 4.16. The molecule has 2 amide bonds. The van der Waals surface area contributed by atoms with Crippen molar-refractivity contribution in [1.82, 2.24) is 9.80 Å². The summed E-state index contributed by atoms with van der Waals surface area (Å²) < 4.78 is 0.633. The van der Waals surface area contributed by atoms with Crippen LogP contribution in [0.25, 0.3) is 0 Å². The van der Waals surface area contributed by atoms with Gasteiger partial charge in [-0.2, -0.15) is 0 Å². The second-order valence-electron chi connectivity index (χ2n) is 4.51. The largest absolute Gasteiger partial charge is 0.398 e. The number of piperazine rings is 1. The third kappa shape index (κ3) is 2.89. The number of amides is 2. The Kier molecular flexibility index (Phi) is 4.09. The second-order valence-corrected chi connectivity index (χ2v) is 5.30. The first-order valence-corrected chi connectivity index (χ1v) is 6.89. The highest BCUT2D eigenvalue weighted by molar-refractivity contribution is 9.10. The normalized spacial score (nSPS) is 15.5. The first-order valence-electron chi connectivity index (χ1n) is 6.09. The van der Waals surface area contributed by atoms with E-state index in [2.05, 4.69) is 15.9 Å². The number of benzene rings is 1. The molecule has 2 N–H and O–H groups in total. The Hall–Kier alpha value is -1.56.